The summed E-state index contributed by atoms with van der Waals surface area (Å²) in [6.45, 7) is 0.436. The van der Waals surface area contributed by atoms with E-state index in [-0.39, 0.29) is 5.75 Å². The lowest BCUT2D eigenvalue weighted by atomic mass is 10.2. The van der Waals surface area contributed by atoms with Crippen LogP contribution in [-0.4, -0.2) is 11.7 Å². The maximum absolute atomic E-state index is 9.31. The van der Waals surface area contributed by atoms with Crippen molar-refractivity contribution in [1.29, 1.82) is 0 Å². The Hall–Kier alpha value is -1.09. The molecule has 0 aromatic heterocycles. The van der Waals surface area contributed by atoms with E-state index in [1.54, 1.807) is 0 Å². The number of rotatable bonds is 4. The monoisotopic (exact) mass is 316 g/mol. The van der Waals surface area contributed by atoms with Gasteiger partial charge in [0.2, 0.25) is 0 Å². The van der Waals surface area contributed by atoms with Crippen molar-refractivity contribution in [3.05, 3.63) is 57.0 Å². The SMILES string of the molecule is Oc1cc(Cl)c(OCCc2ccc(Cl)cc2)c(Cl)c1. The summed E-state index contributed by atoms with van der Waals surface area (Å²) < 4.78 is 5.55. The number of hydrogen-bond acceptors (Lipinski definition) is 2. The zero-order valence-electron chi connectivity index (χ0n) is 9.87. The molecule has 100 valence electrons. The van der Waals surface area contributed by atoms with E-state index in [9.17, 15) is 5.11 Å². The van der Waals surface area contributed by atoms with Crippen LogP contribution < -0.4 is 4.74 Å². The van der Waals surface area contributed by atoms with Crippen LogP contribution in [0.15, 0.2) is 36.4 Å². The van der Waals surface area contributed by atoms with Crippen molar-refractivity contribution in [2.24, 2.45) is 0 Å². The van der Waals surface area contributed by atoms with Gasteiger partial charge < -0.3 is 9.84 Å². The zero-order chi connectivity index (χ0) is 13.8. The van der Waals surface area contributed by atoms with E-state index in [0.717, 1.165) is 5.56 Å². The van der Waals surface area contributed by atoms with Gasteiger partial charge in [-0.2, -0.15) is 0 Å². The van der Waals surface area contributed by atoms with Gasteiger partial charge in [-0.1, -0.05) is 46.9 Å². The molecule has 0 fully saturated rings. The van der Waals surface area contributed by atoms with Gasteiger partial charge in [-0.3, -0.25) is 0 Å². The third kappa shape index (κ3) is 3.93. The number of benzene rings is 2. The van der Waals surface area contributed by atoms with Gasteiger partial charge in [0, 0.05) is 23.6 Å². The standard InChI is InChI=1S/C14H11Cl3O2/c15-10-3-1-9(2-4-10)5-6-19-14-12(16)7-11(18)8-13(14)17/h1-4,7-8,18H,5-6H2. The molecule has 0 unspecified atom stereocenters. The van der Waals surface area contributed by atoms with Crippen molar-refractivity contribution < 1.29 is 9.84 Å². The Labute approximate surface area is 126 Å². The second kappa shape index (κ2) is 6.38. The van der Waals surface area contributed by atoms with Crippen LogP contribution in [0.2, 0.25) is 15.1 Å². The van der Waals surface area contributed by atoms with Gasteiger partial charge in [0.05, 0.1) is 16.7 Å². The largest absolute Gasteiger partial charge is 0.508 e. The first-order valence-corrected chi connectivity index (χ1v) is 6.75. The Morgan fingerprint density at radius 1 is 0.947 bits per heavy atom. The van der Waals surface area contributed by atoms with Crippen LogP contribution in [0.3, 0.4) is 0 Å². The van der Waals surface area contributed by atoms with Crippen molar-refractivity contribution in [2.45, 2.75) is 6.42 Å². The normalized spacial score (nSPS) is 10.5. The van der Waals surface area contributed by atoms with E-state index in [2.05, 4.69) is 0 Å². The summed E-state index contributed by atoms with van der Waals surface area (Å²) in [7, 11) is 0. The molecule has 0 saturated heterocycles. The fraction of sp³-hybridized carbons (Fsp3) is 0.143. The molecule has 0 radical (unpaired) electrons. The van der Waals surface area contributed by atoms with Crippen LogP contribution in [0.25, 0.3) is 0 Å². The minimum Gasteiger partial charge on any atom is -0.508 e. The molecule has 0 saturated carbocycles. The fourth-order valence-corrected chi connectivity index (χ4v) is 2.32. The number of phenolic OH excluding ortho intramolecular Hbond substituents is 1. The van der Waals surface area contributed by atoms with Crippen LogP contribution >= 0.6 is 34.8 Å². The van der Waals surface area contributed by atoms with Crippen molar-refractivity contribution in [2.75, 3.05) is 6.61 Å². The van der Waals surface area contributed by atoms with Crippen molar-refractivity contribution in [1.82, 2.24) is 0 Å². The number of halogens is 3. The Bertz CT molecular complexity index is 544. The molecular weight excluding hydrogens is 307 g/mol. The van der Waals surface area contributed by atoms with Gasteiger partial charge >= 0.3 is 0 Å². The lowest BCUT2D eigenvalue weighted by molar-refractivity contribution is 0.321. The molecule has 5 heteroatoms. The van der Waals surface area contributed by atoms with Gasteiger partial charge in [-0.05, 0) is 17.7 Å². The summed E-state index contributed by atoms with van der Waals surface area (Å²) in [5, 5.41) is 10.6. The highest BCUT2D eigenvalue weighted by molar-refractivity contribution is 6.37. The second-order valence-corrected chi connectivity index (χ2v) is 5.21. The summed E-state index contributed by atoms with van der Waals surface area (Å²) in [6, 6.07) is 10.3. The Kier molecular flexibility index (Phi) is 4.81. The molecule has 0 atom stereocenters. The Morgan fingerprint density at radius 3 is 2.11 bits per heavy atom. The summed E-state index contributed by atoms with van der Waals surface area (Å²) in [5.74, 6) is 0.398. The number of aromatic hydroxyl groups is 1. The van der Waals surface area contributed by atoms with Gasteiger partial charge in [0.1, 0.15) is 5.75 Å². The van der Waals surface area contributed by atoms with Crippen LogP contribution in [0.5, 0.6) is 11.5 Å². The van der Waals surface area contributed by atoms with E-state index in [4.69, 9.17) is 39.5 Å². The molecule has 0 amide bonds. The molecule has 2 aromatic rings. The minimum absolute atomic E-state index is 0.0139. The smallest absolute Gasteiger partial charge is 0.156 e. The van der Waals surface area contributed by atoms with E-state index < -0.39 is 0 Å². The van der Waals surface area contributed by atoms with Gasteiger partial charge in [0.25, 0.3) is 0 Å². The first kappa shape index (κ1) is 14.3. The molecule has 2 rings (SSSR count). The van der Waals surface area contributed by atoms with Gasteiger partial charge in [-0.15, -0.1) is 0 Å². The van der Waals surface area contributed by atoms with Crippen molar-refractivity contribution in [3.8, 4) is 11.5 Å². The quantitative estimate of drug-likeness (QED) is 0.862. The predicted molar refractivity (Wildman–Crippen MR) is 78.8 cm³/mol. The zero-order valence-corrected chi connectivity index (χ0v) is 12.1. The second-order valence-electron chi connectivity index (χ2n) is 3.96. The highest BCUT2D eigenvalue weighted by Crippen LogP contribution is 2.36. The van der Waals surface area contributed by atoms with Gasteiger partial charge in [-0.25, -0.2) is 0 Å². The van der Waals surface area contributed by atoms with Gasteiger partial charge in [0.15, 0.2) is 5.75 Å². The molecule has 0 aliphatic carbocycles. The lowest BCUT2D eigenvalue weighted by Gasteiger charge is -2.10. The predicted octanol–water partition coefficient (Wildman–Crippen LogP) is 4.97. The Morgan fingerprint density at radius 2 is 1.53 bits per heavy atom. The first-order chi connectivity index (χ1) is 9.06. The average Bonchev–Trinajstić information content (AvgIpc) is 2.34. The number of hydrogen-bond donors (Lipinski definition) is 1. The molecular formula is C14H11Cl3O2. The molecule has 2 aromatic carbocycles. The molecule has 2 nitrogen and oxygen atoms in total. The molecule has 1 N–H and O–H groups in total. The molecule has 0 spiro atoms. The van der Waals surface area contributed by atoms with Crippen molar-refractivity contribution >= 4 is 34.8 Å². The summed E-state index contributed by atoms with van der Waals surface area (Å²) in [5.41, 5.74) is 1.11. The average molecular weight is 318 g/mol. The molecule has 0 bridgehead atoms. The third-order valence-electron chi connectivity index (χ3n) is 2.53. The summed E-state index contributed by atoms with van der Waals surface area (Å²) >= 11 is 17.7. The van der Waals surface area contributed by atoms with E-state index in [0.29, 0.717) is 33.8 Å². The third-order valence-corrected chi connectivity index (χ3v) is 3.35. The maximum atomic E-state index is 9.31. The van der Waals surface area contributed by atoms with Crippen LogP contribution in [-0.2, 0) is 6.42 Å². The summed E-state index contributed by atoms with van der Waals surface area (Å²) in [6.07, 6.45) is 0.713. The topological polar surface area (TPSA) is 29.5 Å². The maximum Gasteiger partial charge on any atom is 0.156 e. The number of phenols is 1. The summed E-state index contributed by atoms with van der Waals surface area (Å²) in [4.78, 5) is 0. The van der Waals surface area contributed by atoms with Crippen LogP contribution in [0.4, 0.5) is 0 Å². The van der Waals surface area contributed by atoms with E-state index >= 15 is 0 Å². The molecule has 0 aliphatic rings. The molecule has 19 heavy (non-hydrogen) atoms. The van der Waals surface area contributed by atoms with E-state index in [1.807, 2.05) is 24.3 Å². The van der Waals surface area contributed by atoms with E-state index in [1.165, 1.54) is 12.1 Å². The van der Waals surface area contributed by atoms with Crippen molar-refractivity contribution in [3.63, 3.8) is 0 Å². The Balaban J connectivity index is 1.98. The highest BCUT2D eigenvalue weighted by Gasteiger charge is 2.09. The molecule has 0 heterocycles. The van der Waals surface area contributed by atoms with Crippen LogP contribution in [0.1, 0.15) is 5.56 Å². The first-order valence-electron chi connectivity index (χ1n) is 5.61. The highest BCUT2D eigenvalue weighted by atomic mass is 35.5. The minimum atomic E-state index is 0.0139. The lowest BCUT2D eigenvalue weighted by Crippen LogP contribution is -2.02. The molecule has 0 aliphatic heterocycles. The fourth-order valence-electron chi connectivity index (χ4n) is 1.61. The van der Waals surface area contributed by atoms with Crippen LogP contribution in [0, 0.1) is 0 Å². The number of ether oxygens (including phenoxy) is 1.